The summed E-state index contributed by atoms with van der Waals surface area (Å²) in [6.45, 7) is 3.56. The van der Waals surface area contributed by atoms with E-state index in [2.05, 4.69) is 0 Å². The Kier molecular flexibility index (Phi) is 4.16. The zero-order valence-corrected chi connectivity index (χ0v) is 17.4. The van der Waals surface area contributed by atoms with E-state index in [4.69, 9.17) is 10.2 Å². The van der Waals surface area contributed by atoms with Crippen LogP contribution in [0.15, 0.2) is 77.6 Å². The summed E-state index contributed by atoms with van der Waals surface area (Å²) in [6.07, 6.45) is -0.414. The first-order chi connectivity index (χ1) is 16.1. The van der Waals surface area contributed by atoms with Crippen LogP contribution in [0, 0.1) is 6.92 Å². The van der Waals surface area contributed by atoms with Crippen molar-refractivity contribution in [3.8, 4) is 11.1 Å². The second kappa shape index (κ2) is 7.95. The molecule has 0 aromatic heterocycles. The number of rotatable bonds is 5. The zero-order chi connectivity index (χ0) is 24.8. The van der Waals surface area contributed by atoms with Crippen LogP contribution in [0.2, 0.25) is 0 Å². The van der Waals surface area contributed by atoms with E-state index in [1.54, 1.807) is 43.3 Å². The number of carbonyl (C=O) groups is 1. The van der Waals surface area contributed by atoms with Gasteiger partial charge in [-0.2, -0.15) is 0 Å². The number of hydrogen-bond donors (Lipinski definition) is 0. The summed E-state index contributed by atoms with van der Waals surface area (Å²) >= 11 is 0. The predicted octanol–water partition coefficient (Wildman–Crippen LogP) is 4.87. The van der Waals surface area contributed by atoms with Crippen molar-refractivity contribution in [2.24, 2.45) is 0 Å². The quantitative estimate of drug-likeness (QED) is 0.548. The molecule has 0 fully saturated rings. The number of hydrogen-bond acceptors (Lipinski definition) is 4. The van der Waals surface area contributed by atoms with Crippen molar-refractivity contribution in [1.82, 2.24) is 0 Å². The third-order valence-corrected chi connectivity index (χ3v) is 6.82. The third-order valence-electron chi connectivity index (χ3n) is 4.99. The first-order valence-corrected chi connectivity index (χ1v) is 11.0. The van der Waals surface area contributed by atoms with Gasteiger partial charge in [0.2, 0.25) is 0 Å². The van der Waals surface area contributed by atoms with E-state index in [1.807, 2.05) is 6.92 Å². The van der Waals surface area contributed by atoms with Crippen LogP contribution in [0.3, 0.4) is 0 Å². The molecule has 1 atom stereocenters. The van der Waals surface area contributed by atoms with Crippen molar-refractivity contribution in [1.29, 1.82) is 0 Å². The molecular weight excluding hydrogens is 398 g/mol. The maximum Gasteiger partial charge on any atom is 0.308 e. The fourth-order valence-electron chi connectivity index (χ4n) is 3.63. The normalized spacial score (nSPS) is 17.1. The number of fused-ring (bicyclic) bond motifs is 3. The summed E-state index contributed by atoms with van der Waals surface area (Å²) in [6, 6.07) is 9.98. The maximum atomic E-state index is 14.0. The molecule has 0 amide bonds. The summed E-state index contributed by atoms with van der Waals surface area (Å²) in [5, 5.41) is 0. The molecule has 0 N–H and O–H groups in total. The van der Waals surface area contributed by atoms with Gasteiger partial charge in [0.25, 0.3) is 10.0 Å². The lowest BCUT2D eigenvalue weighted by atomic mass is 9.88. The SMILES string of the molecule is [2H]c1c([2H])c([2H])c2c(c1[2H])-c1ccccc1N(S(=O)(=O)c1ccc(C)cc1)C2CC(=O)OCC. The van der Waals surface area contributed by atoms with E-state index in [0.717, 1.165) is 9.87 Å². The van der Waals surface area contributed by atoms with Crippen molar-refractivity contribution < 1.29 is 23.4 Å². The molecular formula is C24H23NO4S. The Labute approximate surface area is 182 Å². The molecule has 30 heavy (non-hydrogen) atoms. The van der Waals surface area contributed by atoms with Gasteiger partial charge in [-0.25, -0.2) is 8.42 Å². The summed E-state index contributed by atoms with van der Waals surface area (Å²) in [7, 11) is -4.22. The van der Waals surface area contributed by atoms with Crippen molar-refractivity contribution in [2.45, 2.75) is 31.2 Å². The molecule has 4 rings (SSSR count). The summed E-state index contributed by atoms with van der Waals surface area (Å²) in [4.78, 5) is 12.6. The van der Waals surface area contributed by atoms with Crippen LogP contribution in [0.1, 0.15) is 36.0 Å². The first kappa shape index (κ1) is 15.7. The Morgan fingerprint density at radius 3 is 2.50 bits per heavy atom. The van der Waals surface area contributed by atoms with Gasteiger partial charge in [-0.3, -0.25) is 9.10 Å². The van der Waals surface area contributed by atoms with Crippen LogP contribution in [0.4, 0.5) is 5.69 Å². The maximum absolute atomic E-state index is 14.0. The fraction of sp³-hybridized carbons (Fsp3) is 0.208. The third kappa shape index (κ3) is 3.48. The van der Waals surface area contributed by atoms with Crippen molar-refractivity contribution >= 4 is 21.7 Å². The Bertz CT molecular complexity index is 1390. The molecule has 0 saturated carbocycles. The molecule has 0 radical (unpaired) electrons. The molecule has 0 bridgehead atoms. The van der Waals surface area contributed by atoms with Crippen LogP contribution < -0.4 is 4.31 Å². The number of sulfonamides is 1. The minimum atomic E-state index is -4.22. The number of para-hydroxylation sites is 1. The molecule has 1 aliphatic heterocycles. The number of benzene rings is 3. The van der Waals surface area contributed by atoms with Crippen LogP contribution in [-0.4, -0.2) is 21.0 Å². The lowest BCUT2D eigenvalue weighted by molar-refractivity contribution is -0.143. The standard InChI is InChI=1S/C24H23NO4S/c1-3-29-24(26)16-23-21-10-5-4-8-19(21)20-9-6-7-11-22(20)25(23)30(27,28)18-14-12-17(2)13-15-18/h4-15,23H,3,16H2,1-2H3/i4D,5D,8D,10D. The average molecular weight is 426 g/mol. The van der Waals surface area contributed by atoms with Gasteiger partial charge < -0.3 is 4.74 Å². The van der Waals surface area contributed by atoms with E-state index in [0.29, 0.717) is 5.56 Å². The molecule has 154 valence electrons. The minimum absolute atomic E-state index is 0.00560. The molecule has 5 nitrogen and oxygen atoms in total. The highest BCUT2D eigenvalue weighted by Gasteiger charge is 2.40. The molecule has 1 unspecified atom stereocenters. The molecule has 0 aliphatic carbocycles. The molecule has 0 saturated heterocycles. The number of esters is 1. The van der Waals surface area contributed by atoms with E-state index in [1.165, 1.54) is 12.1 Å². The summed E-state index contributed by atoms with van der Waals surface area (Å²) < 4.78 is 67.6. The van der Waals surface area contributed by atoms with Crippen LogP contribution >= 0.6 is 0 Å². The minimum Gasteiger partial charge on any atom is -0.466 e. The van der Waals surface area contributed by atoms with Gasteiger partial charge in [0.1, 0.15) is 0 Å². The lowest BCUT2D eigenvalue weighted by Crippen LogP contribution is -2.39. The highest BCUT2D eigenvalue weighted by molar-refractivity contribution is 7.92. The number of ether oxygens (including phenoxy) is 1. The Morgan fingerprint density at radius 1 is 1.07 bits per heavy atom. The topological polar surface area (TPSA) is 63.7 Å². The van der Waals surface area contributed by atoms with Crippen LogP contribution in [0.25, 0.3) is 11.1 Å². The second-order valence-electron chi connectivity index (χ2n) is 6.94. The van der Waals surface area contributed by atoms with Gasteiger partial charge >= 0.3 is 5.97 Å². The van der Waals surface area contributed by atoms with Crippen molar-refractivity contribution in [2.75, 3.05) is 10.9 Å². The first-order valence-electron chi connectivity index (χ1n) is 11.6. The molecule has 1 heterocycles. The average Bonchev–Trinajstić information content (AvgIpc) is 2.80. The van der Waals surface area contributed by atoms with E-state index in [9.17, 15) is 13.2 Å². The molecule has 6 heteroatoms. The summed E-state index contributed by atoms with van der Waals surface area (Å²) in [5.74, 6) is -0.672. The van der Waals surface area contributed by atoms with Crippen LogP contribution in [-0.2, 0) is 19.6 Å². The van der Waals surface area contributed by atoms with E-state index in [-0.39, 0.29) is 40.4 Å². The molecule has 3 aromatic carbocycles. The van der Waals surface area contributed by atoms with Crippen molar-refractivity contribution in [3.05, 3.63) is 83.8 Å². The van der Waals surface area contributed by atoms with Gasteiger partial charge in [-0.05, 0) is 43.2 Å². The Hall–Kier alpha value is -3.12. The van der Waals surface area contributed by atoms with Gasteiger partial charge in [-0.15, -0.1) is 0 Å². The number of aryl methyl sites for hydroxylation is 1. The van der Waals surface area contributed by atoms with Gasteiger partial charge in [0.15, 0.2) is 0 Å². The molecule has 1 aliphatic rings. The highest BCUT2D eigenvalue weighted by atomic mass is 32.2. The zero-order valence-electron chi connectivity index (χ0n) is 20.6. The van der Waals surface area contributed by atoms with Crippen LogP contribution in [0.5, 0.6) is 0 Å². The van der Waals surface area contributed by atoms with Gasteiger partial charge in [0.05, 0.1) is 35.1 Å². The van der Waals surface area contributed by atoms with Gasteiger partial charge in [0, 0.05) is 5.56 Å². The highest BCUT2D eigenvalue weighted by Crippen LogP contribution is 2.48. The number of carbonyl (C=O) groups excluding carboxylic acids is 1. The van der Waals surface area contributed by atoms with E-state index >= 15 is 0 Å². The van der Waals surface area contributed by atoms with Gasteiger partial charge in [-0.1, -0.05) is 60.1 Å². The largest absolute Gasteiger partial charge is 0.466 e. The number of nitrogens with zero attached hydrogens (tertiary/aromatic N) is 1. The summed E-state index contributed by atoms with van der Waals surface area (Å²) in [5.41, 5.74) is 1.69. The monoisotopic (exact) mass is 425 g/mol. The van der Waals surface area contributed by atoms with Crippen molar-refractivity contribution in [3.63, 3.8) is 0 Å². The predicted molar refractivity (Wildman–Crippen MR) is 117 cm³/mol. The fourth-order valence-corrected chi connectivity index (χ4v) is 5.27. The lowest BCUT2D eigenvalue weighted by Gasteiger charge is -2.38. The number of anilines is 1. The Morgan fingerprint density at radius 2 is 1.77 bits per heavy atom. The Balaban J connectivity index is 2.07. The second-order valence-corrected chi connectivity index (χ2v) is 8.76. The smallest absolute Gasteiger partial charge is 0.308 e. The molecule has 3 aromatic rings. The molecule has 0 spiro atoms. The van der Waals surface area contributed by atoms with E-state index < -0.39 is 40.5 Å².